The van der Waals surface area contributed by atoms with E-state index in [1.54, 1.807) is 11.3 Å². The first kappa shape index (κ1) is 13.5. The Balaban J connectivity index is 2.09. The molecule has 0 aromatic carbocycles. The molecule has 1 amide bonds. The zero-order valence-electron chi connectivity index (χ0n) is 10.5. The third kappa shape index (κ3) is 3.09. The number of amides is 1. The first-order valence-electron chi connectivity index (χ1n) is 6.25. The number of nitrogens with zero attached hydrogens (tertiary/aromatic N) is 1. The molecule has 1 aromatic heterocycles. The minimum Gasteiger partial charge on any atom is -0.393 e. The highest BCUT2D eigenvalue weighted by Gasteiger charge is 2.36. The van der Waals surface area contributed by atoms with Crippen molar-refractivity contribution in [2.75, 3.05) is 0 Å². The van der Waals surface area contributed by atoms with Gasteiger partial charge in [-0.2, -0.15) is 0 Å². The molecule has 0 radical (unpaired) electrons. The van der Waals surface area contributed by atoms with E-state index < -0.39 is 0 Å². The molecule has 3 nitrogen and oxygen atoms in total. The van der Waals surface area contributed by atoms with E-state index in [0.29, 0.717) is 24.0 Å². The third-order valence-corrected chi connectivity index (χ3v) is 4.37. The molecule has 1 fully saturated rings. The standard InChI is InChI=1S/C13H18N2OS2/c1-2-11(12(14)17)13(16)15(9-5-6-9)8-10-4-3-7-18-10/h3-4,7,9,11H,2,5-6,8H2,1H3,(H2,14,17). The van der Waals surface area contributed by atoms with E-state index in [9.17, 15) is 4.79 Å². The molecule has 1 aliphatic rings. The summed E-state index contributed by atoms with van der Waals surface area (Å²) in [5.74, 6) is -0.207. The number of rotatable bonds is 6. The predicted molar refractivity (Wildman–Crippen MR) is 78.5 cm³/mol. The van der Waals surface area contributed by atoms with Gasteiger partial charge in [0, 0.05) is 10.9 Å². The third-order valence-electron chi connectivity index (χ3n) is 3.23. The smallest absolute Gasteiger partial charge is 0.233 e. The Labute approximate surface area is 117 Å². The Morgan fingerprint density at radius 1 is 1.67 bits per heavy atom. The van der Waals surface area contributed by atoms with Crippen molar-refractivity contribution in [1.29, 1.82) is 0 Å². The summed E-state index contributed by atoms with van der Waals surface area (Å²) in [7, 11) is 0. The lowest BCUT2D eigenvalue weighted by Gasteiger charge is -2.26. The van der Waals surface area contributed by atoms with E-state index >= 15 is 0 Å². The molecule has 98 valence electrons. The molecule has 18 heavy (non-hydrogen) atoms. The van der Waals surface area contributed by atoms with Gasteiger partial charge in [0.05, 0.1) is 17.5 Å². The van der Waals surface area contributed by atoms with Crippen LogP contribution < -0.4 is 5.73 Å². The van der Waals surface area contributed by atoms with E-state index in [1.807, 2.05) is 23.3 Å². The lowest BCUT2D eigenvalue weighted by atomic mass is 10.0. The summed E-state index contributed by atoms with van der Waals surface area (Å²) >= 11 is 6.68. The van der Waals surface area contributed by atoms with Gasteiger partial charge >= 0.3 is 0 Å². The average molecular weight is 282 g/mol. The molecule has 1 aromatic rings. The summed E-state index contributed by atoms with van der Waals surface area (Å²) in [4.78, 5) is 16.0. The Morgan fingerprint density at radius 3 is 2.83 bits per heavy atom. The molecule has 1 heterocycles. The zero-order valence-corrected chi connectivity index (χ0v) is 12.1. The lowest BCUT2D eigenvalue weighted by Crippen LogP contribution is -2.41. The van der Waals surface area contributed by atoms with Crippen LogP contribution in [0.5, 0.6) is 0 Å². The monoisotopic (exact) mass is 282 g/mol. The maximum Gasteiger partial charge on any atom is 0.233 e. The fourth-order valence-corrected chi connectivity index (χ4v) is 3.01. The van der Waals surface area contributed by atoms with Crippen LogP contribution in [-0.4, -0.2) is 21.8 Å². The summed E-state index contributed by atoms with van der Waals surface area (Å²) in [5, 5.41) is 2.04. The molecule has 0 saturated heterocycles. The molecule has 1 saturated carbocycles. The first-order valence-corrected chi connectivity index (χ1v) is 7.54. The molecule has 0 aliphatic heterocycles. The molecule has 1 atom stereocenters. The Hall–Kier alpha value is -0.940. The molecular weight excluding hydrogens is 264 g/mol. The van der Waals surface area contributed by atoms with Gasteiger partial charge in [0.2, 0.25) is 5.91 Å². The van der Waals surface area contributed by atoms with E-state index in [0.717, 1.165) is 12.8 Å². The number of hydrogen-bond acceptors (Lipinski definition) is 3. The van der Waals surface area contributed by atoms with Crippen molar-refractivity contribution in [3.63, 3.8) is 0 Å². The average Bonchev–Trinajstić information content (AvgIpc) is 3.03. The number of hydrogen-bond donors (Lipinski definition) is 1. The van der Waals surface area contributed by atoms with Crippen LogP contribution >= 0.6 is 23.6 Å². The molecular formula is C13H18N2OS2. The molecule has 5 heteroatoms. The fourth-order valence-electron chi connectivity index (χ4n) is 2.04. The van der Waals surface area contributed by atoms with Gasteiger partial charge < -0.3 is 10.6 Å². The minimum absolute atomic E-state index is 0.0981. The molecule has 1 aliphatic carbocycles. The van der Waals surface area contributed by atoms with Crippen molar-refractivity contribution >= 4 is 34.5 Å². The zero-order chi connectivity index (χ0) is 13.1. The van der Waals surface area contributed by atoms with E-state index in [-0.39, 0.29) is 11.8 Å². The Kier molecular flexibility index (Phi) is 4.35. The normalized spacial score (nSPS) is 16.3. The number of thiocarbonyl (C=S) groups is 1. The highest BCUT2D eigenvalue weighted by atomic mass is 32.1. The summed E-state index contributed by atoms with van der Waals surface area (Å²) in [5.41, 5.74) is 5.67. The van der Waals surface area contributed by atoms with Crippen molar-refractivity contribution in [3.05, 3.63) is 22.4 Å². The van der Waals surface area contributed by atoms with Gasteiger partial charge in [0.1, 0.15) is 0 Å². The molecule has 2 N–H and O–H groups in total. The van der Waals surface area contributed by atoms with Gasteiger partial charge in [-0.05, 0) is 30.7 Å². The summed E-state index contributed by atoms with van der Waals surface area (Å²) < 4.78 is 0. The van der Waals surface area contributed by atoms with Crippen LogP contribution in [0.2, 0.25) is 0 Å². The van der Waals surface area contributed by atoms with E-state index in [4.69, 9.17) is 18.0 Å². The van der Waals surface area contributed by atoms with Gasteiger partial charge in [-0.3, -0.25) is 4.79 Å². The van der Waals surface area contributed by atoms with Crippen molar-refractivity contribution in [1.82, 2.24) is 4.90 Å². The van der Waals surface area contributed by atoms with Gasteiger partial charge in [0.25, 0.3) is 0 Å². The Morgan fingerprint density at radius 2 is 2.39 bits per heavy atom. The summed E-state index contributed by atoms with van der Waals surface area (Å²) in [6.07, 6.45) is 2.89. The quantitative estimate of drug-likeness (QED) is 0.816. The van der Waals surface area contributed by atoms with Crippen LogP contribution in [0.15, 0.2) is 17.5 Å². The van der Waals surface area contributed by atoms with Crippen LogP contribution in [0.25, 0.3) is 0 Å². The SMILES string of the molecule is CCC(C(=O)N(Cc1cccs1)C1CC1)C(N)=S. The molecule has 1 unspecified atom stereocenters. The summed E-state index contributed by atoms with van der Waals surface area (Å²) in [6, 6.07) is 4.47. The minimum atomic E-state index is -0.305. The predicted octanol–water partition coefficient (Wildman–Crippen LogP) is 2.55. The highest BCUT2D eigenvalue weighted by Crippen LogP contribution is 2.31. The van der Waals surface area contributed by atoms with Crippen LogP contribution in [0.4, 0.5) is 0 Å². The molecule has 2 rings (SSSR count). The van der Waals surface area contributed by atoms with E-state index in [1.165, 1.54) is 4.88 Å². The van der Waals surface area contributed by atoms with Gasteiger partial charge in [-0.1, -0.05) is 25.2 Å². The van der Waals surface area contributed by atoms with E-state index in [2.05, 4.69) is 6.07 Å². The van der Waals surface area contributed by atoms with Crippen molar-refractivity contribution in [2.45, 2.75) is 38.8 Å². The largest absolute Gasteiger partial charge is 0.393 e. The molecule has 0 bridgehead atoms. The van der Waals surface area contributed by atoms with Crippen LogP contribution in [-0.2, 0) is 11.3 Å². The Bertz CT molecular complexity index is 426. The number of nitrogens with two attached hydrogens (primary N) is 1. The highest BCUT2D eigenvalue weighted by molar-refractivity contribution is 7.80. The first-order chi connectivity index (χ1) is 8.63. The number of thiophene rings is 1. The van der Waals surface area contributed by atoms with Crippen LogP contribution in [0.3, 0.4) is 0 Å². The number of carbonyl (C=O) groups excluding carboxylic acids is 1. The molecule has 0 spiro atoms. The van der Waals surface area contributed by atoms with Crippen LogP contribution in [0, 0.1) is 5.92 Å². The fraction of sp³-hybridized carbons (Fsp3) is 0.538. The second-order valence-corrected chi connectivity index (χ2v) is 6.14. The van der Waals surface area contributed by atoms with Gasteiger partial charge in [-0.25, -0.2) is 0 Å². The second-order valence-electron chi connectivity index (χ2n) is 4.64. The number of carbonyl (C=O) groups is 1. The summed E-state index contributed by atoms with van der Waals surface area (Å²) in [6.45, 7) is 2.65. The van der Waals surface area contributed by atoms with Crippen molar-refractivity contribution in [3.8, 4) is 0 Å². The van der Waals surface area contributed by atoms with Gasteiger partial charge in [-0.15, -0.1) is 11.3 Å². The lowest BCUT2D eigenvalue weighted by molar-refractivity contribution is -0.134. The van der Waals surface area contributed by atoms with Gasteiger partial charge in [0.15, 0.2) is 0 Å². The topological polar surface area (TPSA) is 46.3 Å². The van der Waals surface area contributed by atoms with Crippen molar-refractivity contribution < 1.29 is 4.79 Å². The van der Waals surface area contributed by atoms with Crippen LogP contribution in [0.1, 0.15) is 31.1 Å². The maximum atomic E-state index is 12.5. The van der Waals surface area contributed by atoms with Crippen molar-refractivity contribution in [2.24, 2.45) is 11.7 Å². The maximum absolute atomic E-state index is 12.5. The second kappa shape index (κ2) is 5.80.